The highest BCUT2D eigenvalue weighted by Crippen LogP contribution is 2.19. The van der Waals surface area contributed by atoms with Crippen molar-refractivity contribution < 1.29 is 23.9 Å². The van der Waals surface area contributed by atoms with Crippen LogP contribution in [0.4, 0.5) is 17.3 Å². The number of aliphatic imine (C=N–C) groups is 1. The zero-order chi connectivity index (χ0) is 37.6. The van der Waals surface area contributed by atoms with Gasteiger partial charge in [0.25, 0.3) is 11.5 Å². The third kappa shape index (κ3) is 15.1. The molecule has 0 saturated carbocycles. The van der Waals surface area contributed by atoms with Gasteiger partial charge in [-0.15, -0.1) is 0 Å². The molecule has 0 unspecified atom stereocenters. The monoisotopic (exact) mass is 708 g/mol. The van der Waals surface area contributed by atoms with E-state index in [4.69, 9.17) is 20.9 Å². The summed E-state index contributed by atoms with van der Waals surface area (Å²) in [5, 5.41) is 8.90. The number of nitrogens with two attached hydrogens (primary N) is 2. The lowest BCUT2D eigenvalue weighted by atomic mass is 10.0. The number of nitrogen functional groups attached to an aromatic ring is 1. The molecular formula is C37H56N8O6. The number of allylic oxidation sites excluding steroid dienone is 1. The van der Waals surface area contributed by atoms with E-state index in [9.17, 15) is 19.2 Å². The molecule has 2 amide bonds. The lowest BCUT2D eigenvalue weighted by Gasteiger charge is -2.28. The Bertz CT molecular complexity index is 1590. The van der Waals surface area contributed by atoms with Crippen molar-refractivity contribution >= 4 is 40.8 Å². The molecule has 0 bridgehead atoms. The topological polar surface area (TPSA) is 216 Å². The maximum atomic E-state index is 13.2. The average molecular weight is 709 g/mol. The molecule has 0 radical (unpaired) electrons. The Morgan fingerprint density at radius 2 is 1.80 bits per heavy atom. The number of nitrogens with zero attached hydrogens (tertiary/aromatic N) is 2. The summed E-state index contributed by atoms with van der Waals surface area (Å²) < 4.78 is 11.4. The first kappa shape index (κ1) is 40.9. The number of anilines is 2. The van der Waals surface area contributed by atoms with Gasteiger partial charge in [0.2, 0.25) is 11.9 Å². The number of hydrogen-bond acceptors (Lipinski definition) is 11. The number of nitrogens with one attached hydrogen (secondary N) is 4. The summed E-state index contributed by atoms with van der Waals surface area (Å²) >= 11 is 0. The molecule has 3 rings (SSSR count). The average Bonchev–Trinajstić information content (AvgIpc) is 3.14. The molecule has 8 N–H and O–H groups in total. The first-order valence-electron chi connectivity index (χ1n) is 17.6. The molecule has 0 saturated heterocycles. The van der Waals surface area contributed by atoms with Gasteiger partial charge < -0.3 is 36.9 Å². The van der Waals surface area contributed by atoms with Crippen LogP contribution in [0.2, 0.25) is 0 Å². The molecule has 1 atom stereocenters. The van der Waals surface area contributed by atoms with Crippen LogP contribution in [-0.4, -0.2) is 76.9 Å². The van der Waals surface area contributed by atoms with Crippen LogP contribution < -0.4 is 33.0 Å². The van der Waals surface area contributed by atoms with E-state index in [1.807, 2.05) is 53.7 Å². The minimum atomic E-state index is -1.01. The van der Waals surface area contributed by atoms with E-state index in [0.29, 0.717) is 61.6 Å². The molecule has 2 heterocycles. The van der Waals surface area contributed by atoms with Crippen molar-refractivity contribution in [2.45, 2.75) is 104 Å². The number of aromatic nitrogens is 2. The highest BCUT2D eigenvalue weighted by atomic mass is 16.5. The van der Waals surface area contributed by atoms with Gasteiger partial charge in [0, 0.05) is 36.4 Å². The SMILES string of the molecule is CC(C)COC(=O)[C@H](CCC(=O)NCCC(C)(C)OCCC(C)(C)N)NC(=O)c1ccc(NCC2=Nc3c(nc(N)[nH]c3=O)CCC/C=C/2)cc1. The molecule has 1 aliphatic rings. The predicted molar refractivity (Wildman–Crippen MR) is 200 cm³/mol. The van der Waals surface area contributed by atoms with Crippen molar-refractivity contribution in [1.82, 2.24) is 20.6 Å². The number of aryl methyl sites for hydroxylation is 1. The van der Waals surface area contributed by atoms with Gasteiger partial charge in [-0.05, 0) is 102 Å². The third-order valence-corrected chi connectivity index (χ3v) is 8.05. The van der Waals surface area contributed by atoms with Gasteiger partial charge in [-0.3, -0.25) is 19.4 Å². The molecule has 1 aromatic heterocycles. The Labute approximate surface area is 300 Å². The van der Waals surface area contributed by atoms with Gasteiger partial charge in [-0.1, -0.05) is 19.9 Å². The number of H-pyrrole nitrogens is 1. The van der Waals surface area contributed by atoms with E-state index in [-0.39, 0.29) is 54.0 Å². The maximum absolute atomic E-state index is 13.2. The fourth-order valence-electron chi connectivity index (χ4n) is 5.01. The van der Waals surface area contributed by atoms with Gasteiger partial charge in [-0.2, -0.15) is 0 Å². The fraction of sp³-hybridized carbons (Fsp3) is 0.568. The molecule has 0 spiro atoms. The normalized spacial score (nSPS) is 14.6. The van der Waals surface area contributed by atoms with Crippen LogP contribution in [0.3, 0.4) is 0 Å². The van der Waals surface area contributed by atoms with Gasteiger partial charge >= 0.3 is 5.97 Å². The number of carbonyl (C=O) groups is 3. The first-order valence-corrected chi connectivity index (χ1v) is 17.6. The van der Waals surface area contributed by atoms with Crippen LogP contribution in [-0.2, 0) is 25.5 Å². The Kier molecular flexibility index (Phi) is 15.4. The zero-order valence-corrected chi connectivity index (χ0v) is 30.9. The van der Waals surface area contributed by atoms with Gasteiger partial charge in [0.1, 0.15) is 6.04 Å². The molecule has 1 aromatic carbocycles. The Morgan fingerprint density at radius 3 is 2.49 bits per heavy atom. The number of hydrogen-bond donors (Lipinski definition) is 6. The summed E-state index contributed by atoms with van der Waals surface area (Å²) in [6.07, 6.45) is 7.49. The summed E-state index contributed by atoms with van der Waals surface area (Å²) in [6, 6.07) is 5.72. The van der Waals surface area contributed by atoms with E-state index in [0.717, 1.165) is 12.8 Å². The second-order valence-electron chi connectivity index (χ2n) is 14.6. The van der Waals surface area contributed by atoms with Crippen molar-refractivity contribution in [3.05, 3.63) is 58.0 Å². The predicted octanol–water partition coefficient (Wildman–Crippen LogP) is 3.94. The number of carbonyl (C=O) groups excluding carboxylic acids is 3. The number of benzene rings is 1. The van der Waals surface area contributed by atoms with Crippen LogP contribution >= 0.6 is 0 Å². The molecule has 14 heteroatoms. The molecule has 2 aromatic rings. The van der Waals surface area contributed by atoms with Crippen LogP contribution in [0.5, 0.6) is 0 Å². The van der Waals surface area contributed by atoms with Crippen molar-refractivity contribution in [1.29, 1.82) is 0 Å². The third-order valence-electron chi connectivity index (χ3n) is 8.05. The zero-order valence-electron chi connectivity index (χ0n) is 30.9. The number of esters is 1. The minimum Gasteiger partial charge on any atom is -0.464 e. The summed E-state index contributed by atoms with van der Waals surface area (Å²) in [6.45, 7) is 13.1. The van der Waals surface area contributed by atoms with E-state index in [1.165, 1.54) is 0 Å². The van der Waals surface area contributed by atoms with Crippen LogP contribution in [0.1, 0.15) is 96.1 Å². The maximum Gasteiger partial charge on any atom is 0.328 e. The van der Waals surface area contributed by atoms with Crippen LogP contribution in [0.25, 0.3) is 0 Å². The van der Waals surface area contributed by atoms with E-state index >= 15 is 0 Å². The molecule has 1 aliphatic heterocycles. The number of amides is 2. The highest BCUT2D eigenvalue weighted by Gasteiger charge is 2.25. The quantitative estimate of drug-likeness (QED) is 0.123. The number of ether oxygens (including phenoxy) is 2. The number of aromatic amines is 1. The molecule has 51 heavy (non-hydrogen) atoms. The fourth-order valence-corrected chi connectivity index (χ4v) is 5.01. The van der Waals surface area contributed by atoms with Crippen molar-refractivity contribution in [2.24, 2.45) is 16.6 Å². The summed E-state index contributed by atoms with van der Waals surface area (Å²) in [5.74, 6) is -1.14. The second kappa shape index (κ2) is 19.2. The minimum absolute atomic E-state index is 0.0192. The largest absolute Gasteiger partial charge is 0.464 e. The Balaban J connectivity index is 1.57. The Hall–Kier alpha value is -4.56. The van der Waals surface area contributed by atoms with Crippen LogP contribution in [0, 0.1) is 5.92 Å². The lowest BCUT2D eigenvalue weighted by molar-refractivity contribution is -0.147. The van der Waals surface area contributed by atoms with Gasteiger partial charge in [0.15, 0.2) is 5.69 Å². The molecule has 14 nitrogen and oxygen atoms in total. The molecule has 0 fully saturated rings. The standard InChI is InChI=1S/C37H56N8O6/c1-24(2)23-50-34(49)29(16-17-30(46)40-20-18-37(5,6)51-21-19-36(3,4)39)43-32(47)25-12-14-26(15-13-25)41-22-27-10-8-7-9-11-28-31(42-27)33(48)45-35(38)44-28/h8,10,12-15,24,29,41H,7,9,11,16-23,39H2,1-6H3,(H,40,46)(H,43,47)(H3,38,44,45,48)/b10-8+,42-27?/t29-/m0/s1. The second-order valence-corrected chi connectivity index (χ2v) is 14.6. The van der Waals surface area contributed by atoms with E-state index < -0.39 is 23.5 Å². The van der Waals surface area contributed by atoms with Crippen molar-refractivity contribution in [2.75, 3.05) is 37.4 Å². The van der Waals surface area contributed by atoms with E-state index in [1.54, 1.807) is 24.3 Å². The van der Waals surface area contributed by atoms with Gasteiger partial charge in [0.05, 0.1) is 30.2 Å². The molecule has 0 aliphatic carbocycles. The summed E-state index contributed by atoms with van der Waals surface area (Å²) in [7, 11) is 0. The van der Waals surface area contributed by atoms with Crippen molar-refractivity contribution in [3.63, 3.8) is 0 Å². The molecule has 280 valence electrons. The van der Waals surface area contributed by atoms with E-state index in [2.05, 4.69) is 30.9 Å². The Morgan fingerprint density at radius 1 is 1.08 bits per heavy atom. The smallest absolute Gasteiger partial charge is 0.328 e. The summed E-state index contributed by atoms with van der Waals surface area (Å²) in [4.78, 5) is 62.8. The number of rotatable bonds is 18. The van der Waals surface area contributed by atoms with Crippen LogP contribution in [0.15, 0.2) is 46.2 Å². The van der Waals surface area contributed by atoms with Gasteiger partial charge in [-0.25, -0.2) is 14.8 Å². The van der Waals surface area contributed by atoms with Crippen molar-refractivity contribution in [3.8, 4) is 0 Å². The first-order chi connectivity index (χ1) is 24.0. The summed E-state index contributed by atoms with van der Waals surface area (Å²) in [5.41, 5.74) is 13.1. The lowest BCUT2D eigenvalue weighted by Crippen LogP contribution is -2.43. The highest BCUT2D eigenvalue weighted by molar-refractivity contribution is 6.00. The molecular weight excluding hydrogens is 652 g/mol. The number of fused-ring (bicyclic) bond motifs is 1.